The van der Waals surface area contributed by atoms with Gasteiger partial charge in [-0.2, -0.15) is 0 Å². The molecule has 0 aliphatic rings. The second-order valence-electron chi connectivity index (χ2n) is 1.82. The van der Waals surface area contributed by atoms with E-state index in [9.17, 15) is 4.57 Å². The van der Waals surface area contributed by atoms with Crippen molar-refractivity contribution in [1.29, 1.82) is 0 Å². The highest BCUT2D eigenvalue weighted by Crippen LogP contribution is 2.41. The van der Waals surface area contributed by atoms with Gasteiger partial charge in [-0.05, 0) is 13.3 Å². The van der Waals surface area contributed by atoms with Gasteiger partial charge in [0, 0.05) is 5.88 Å². The average Bonchev–Trinajstić information content (AvgIpc) is 1.84. The smallest absolute Gasteiger partial charge is 0.324 e. The van der Waals surface area contributed by atoms with Gasteiger partial charge < -0.3 is 9.42 Å². The first kappa shape index (κ1) is 10.4. The summed E-state index contributed by atoms with van der Waals surface area (Å²) in [5, 5.41) is 0. The first-order valence-electron chi connectivity index (χ1n) is 3.14. The molecule has 0 aliphatic carbocycles. The van der Waals surface area contributed by atoms with Crippen molar-refractivity contribution < 1.29 is 14.0 Å². The second kappa shape index (κ2) is 5.14. The van der Waals surface area contributed by atoms with E-state index in [0.717, 1.165) is 0 Å². The third-order valence-corrected chi connectivity index (χ3v) is 2.72. The Morgan fingerprint density at radius 1 is 1.70 bits per heavy atom. The largest absolute Gasteiger partial charge is 0.328 e. The van der Waals surface area contributed by atoms with Gasteiger partial charge in [0.25, 0.3) is 0 Å². The van der Waals surface area contributed by atoms with Crippen molar-refractivity contribution in [3.8, 4) is 0 Å². The van der Waals surface area contributed by atoms with Crippen LogP contribution in [0.5, 0.6) is 0 Å². The van der Waals surface area contributed by atoms with E-state index < -0.39 is 7.60 Å². The van der Waals surface area contributed by atoms with E-state index in [-0.39, 0.29) is 12.8 Å². The molecule has 0 aromatic heterocycles. The molecular weight excluding hydrogens is 174 g/mol. The Morgan fingerprint density at radius 2 is 2.30 bits per heavy atom. The van der Waals surface area contributed by atoms with Crippen molar-refractivity contribution in [1.82, 2.24) is 0 Å². The maximum atomic E-state index is 10.8. The summed E-state index contributed by atoms with van der Waals surface area (Å²) in [6.07, 6.45) is 0.680. The molecule has 0 aromatic carbocycles. The summed E-state index contributed by atoms with van der Waals surface area (Å²) in [5.41, 5.74) is 0. The second-order valence-corrected chi connectivity index (χ2v) is 4.18. The molecule has 1 atom stereocenters. The summed E-state index contributed by atoms with van der Waals surface area (Å²) in [6, 6.07) is 0. The van der Waals surface area contributed by atoms with Crippen LogP contribution in [0.2, 0.25) is 0 Å². The van der Waals surface area contributed by atoms with E-state index in [0.29, 0.717) is 12.3 Å². The van der Waals surface area contributed by atoms with Crippen molar-refractivity contribution in [2.75, 3.05) is 18.6 Å². The van der Waals surface area contributed by atoms with Crippen molar-refractivity contribution in [3.05, 3.63) is 0 Å². The molecule has 0 bridgehead atoms. The lowest BCUT2D eigenvalue weighted by molar-refractivity contribution is 0.273. The van der Waals surface area contributed by atoms with Gasteiger partial charge in [-0.1, -0.05) is 0 Å². The summed E-state index contributed by atoms with van der Waals surface area (Å²) in [6.45, 7) is 1.96. The minimum atomic E-state index is -3.29. The molecule has 0 fully saturated rings. The number of alkyl halides is 1. The van der Waals surface area contributed by atoms with E-state index in [1.807, 2.05) is 0 Å². The fourth-order valence-corrected chi connectivity index (χ4v) is 1.94. The van der Waals surface area contributed by atoms with E-state index in [1.54, 1.807) is 6.92 Å². The number of halogens is 1. The molecule has 0 spiro atoms. The van der Waals surface area contributed by atoms with Crippen LogP contribution in [0.15, 0.2) is 0 Å². The molecule has 1 unspecified atom stereocenters. The van der Waals surface area contributed by atoms with Crippen LogP contribution in [0.25, 0.3) is 0 Å². The molecule has 0 saturated heterocycles. The van der Waals surface area contributed by atoms with Gasteiger partial charge in [0.1, 0.15) is 0 Å². The Balaban J connectivity index is 3.53. The van der Waals surface area contributed by atoms with Crippen molar-refractivity contribution in [2.45, 2.75) is 13.3 Å². The van der Waals surface area contributed by atoms with Crippen LogP contribution < -0.4 is 0 Å². The number of hydrogen-bond acceptors (Lipinski definition) is 2. The summed E-state index contributed by atoms with van der Waals surface area (Å²) in [4.78, 5) is 8.92. The van der Waals surface area contributed by atoms with Crippen molar-refractivity contribution in [3.63, 3.8) is 0 Å². The van der Waals surface area contributed by atoms with Crippen LogP contribution in [0.1, 0.15) is 13.3 Å². The molecule has 3 nitrogen and oxygen atoms in total. The van der Waals surface area contributed by atoms with Crippen LogP contribution in [-0.2, 0) is 9.09 Å². The van der Waals surface area contributed by atoms with Crippen LogP contribution in [0.3, 0.4) is 0 Å². The monoisotopic (exact) mass is 186 g/mol. The third-order valence-electron chi connectivity index (χ3n) is 0.905. The minimum Gasteiger partial charge on any atom is -0.324 e. The Labute approximate surface area is 65.9 Å². The Morgan fingerprint density at radius 3 is 2.70 bits per heavy atom. The summed E-state index contributed by atoms with van der Waals surface area (Å²) >= 11 is 5.32. The Hall–Kier alpha value is 0.440. The molecule has 0 aromatic rings. The topological polar surface area (TPSA) is 46.5 Å². The summed E-state index contributed by atoms with van der Waals surface area (Å²) in [7, 11) is -3.29. The molecule has 0 aliphatic heterocycles. The standard InChI is InChI=1S/C5H12ClO3P/c1-2-9-10(7,8)5-3-4-6/h2-5H2,1H3,(H,7,8). The molecule has 10 heavy (non-hydrogen) atoms. The zero-order chi connectivity index (χ0) is 8.04. The molecular formula is C5H12ClO3P. The fraction of sp³-hybridized carbons (Fsp3) is 1.00. The zero-order valence-electron chi connectivity index (χ0n) is 5.92. The van der Waals surface area contributed by atoms with Gasteiger partial charge in [0.15, 0.2) is 0 Å². The van der Waals surface area contributed by atoms with E-state index >= 15 is 0 Å². The van der Waals surface area contributed by atoms with Gasteiger partial charge in [0.2, 0.25) is 0 Å². The Kier molecular flexibility index (Phi) is 5.36. The highest BCUT2D eigenvalue weighted by atomic mass is 35.5. The molecule has 0 amide bonds. The Bertz CT molecular complexity index is 128. The quantitative estimate of drug-likeness (QED) is 0.526. The lowest BCUT2D eigenvalue weighted by Crippen LogP contribution is -1.94. The predicted octanol–water partition coefficient (Wildman–Crippen LogP) is 1.84. The van der Waals surface area contributed by atoms with Gasteiger partial charge >= 0.3 is 7.60 Å². The lowest BCUT2D eigenvalue weighted by atomic mass is 10.6. The first-order chi connectivity index (χ1) is 4.62. The van der Waals surface area contributed by atoms with Crippen molar-refractivity contribution >= 4 is 19.2 Å². The normalized spacial score (nSPS) is 16.7. The highest BCUT2D eigenvalue weighted by Gasteiger charge is 2.16. The number of rotatable bonds is 5. The molecule has 0 heterocycles. The third kappa shape index (κ3) is 5.24. The minimum absolute atomic E-state index is 0.157. The van der Waals surface area contributed by atoms with Crippen molar-refractivity contribution in [2.24, 2.45) is 0 Å². The summed E-state index contributed by atoms with van der Waals surface area (Å²) < 4.78 is 15.4. The van der Waals surface area contributed by atoms with Gasteiger partial charge in [-0.3, -0.25) is 4.57 Å². The van der Waals surface area contributed by atoms with E-state index in [1.165, 1.54) is 0 Å². The van der Waals surface area contributed by atoms with E-state index in [4.69, 9.17) is 16.5 Å². The first-order valence-corrected chi connectivity index (χ1v) is 5.44. The van der Waals surface area contributed by atoms with Crippen LogP contribution >= 0.6 is 19.2 Å². The van der Waals surface area contributed by atoms with Crippen LogP contribution in [0.4, 0.5) is 0 Å². The maximum Gasteiger partial charge on any atom is 0.328 e. The fourth-order valence-electron chi connectivity index (χ4n) is 0.526. The van der Waals surface area contributed by atoms with Gasteiger partial charge in [0.05, 0.1) is 12.8 Å². The number of hydrogen-bond donors (Lipinski definition) is 1. The molecule has 5 heteroatoms. The maximum absolute atomic E-state index is 10.8. The van der Waals surface area contributed by atoms with Crippen LogP contribution in [-0.4, -0.2) is 23.5 Å². The SMILES string of the molecule is CCOP(=O)(O)CCCCl. The molecule has 62 valence electrons. The molecule has 0 rings (SSSR count). The van der Waals surface area contributed by atoms with Crippen LogP contribution in [0, 0.1) is 0 Å². The van der Waals surface area contributed by atoms with Gasteiger partial charge in [-0.25, -0.2) is 0 Å². The summed E-state index contributed by atoms with van der Waals surface area (Å²) in [5.74, 6) is 0.400. The zero-order valence-corrected chi connectivity index (χ0v) is 7.57. The highest BCUT2D eigenvalue weighted by molar-refractivity contribution is 7.52. The van der Waals surface area contributed by atoms with E-state index in [2.05, 4.69) is 4.52 Å². The van der Waals surface area contributed by atoms with Gasteiger partial charge in [-0.15, -0.1) is 11.6 Å². The molecule has 0 saturated carbocycles. The average molecular weight is 187 g/mol. The predicted molar refractivity (Wildman–Crippen MR) is 41.7 cm³/mol. The lowest BCUT2D eigenvalue weighted by Gasteiger charge is -2.08. The molecule has 0 radical (unpaired) electrons. The molecule has 1 N–H and O–H groups in total.